The van der Waals surface area contributed by atoms with Crippen molar-refractivity contribution < 1.29 is 19.5 Å². The Balaban J connectivity index is 1.70. The molecule has 2 amide bonds. The molecule has 1 heterocycles. The average Bonchev–Trinajstić information content (AvgIpc) is 2.90. The monoisotopic (exact) mass is 543 g/mol. The van der Waals surface area contributed by atoms with E-state index in [2.05, 4.69) is 52.9 Å². The number of hydrogen-bond acceptors (Lipinski definition) is 4. The Morgan fingerprint density at radius 3 is 2.27 bits per heavy atom. The number of aromatic nitrogens is 1. The fraction of sp³-hybridized carbons (Fsp3) is 0.394. The number of pyridine rings is 1. The van der Waals surface area contributed by atoms with Crippen LogP contribution >= 0.6 is 0 Å². The summed E-state index contributed by atoms with van der Waals surface area (Å²) in [5, 5.41) is 15.4. The maximum Gasteiger partial charge on any atom is 0.304 e. The summed E-state index contributed by atoms with van der Waals surface area (Å²) >= 11 is 0. The third-order valence-corrected chi connectivity index (χ3v) is 7.12. The number of carboxylic acid groups (broad SMARTS) is 1. The van der Waals surface area contributed by atoms with Crippen molar-refractivity contribution in [2.45, 2.75) is 72.4 Å². The number of aliphatic carboxylic acids is 1. The zero-order valence-corrected chi connectivity index (χ0v) is 24.1. The highest BCUT2D eigenvalue weighted by Gasteiger charge is 2.35. The molecule has 212 valence electrons. The summed E-state index contributed by atoms with van der Waals surface area (Å²) in [6.07, 6.45) is 4.77. The summed E-state index contributed by atoms with van der Waals surface area (Å²) in [4.78, 5) is 42.4. The maximum atomic E-state index is 13.4. The summed E-state index contributed by atoms with van der Waals surface area (Å²) < 4.78 is 0. The van der Waals surface area contributed by atoms with Gasteiger partial charge in [0.1, 0.15) is 6.04 Å². The van der Waals surface area contributed by atoms with Gasteiger partial charge in [0.05, 0.1) is 12.5 Å². The highest BCUT2D eigenvalue weighted by molar-refractivity contribution is 5.90. The lowest BCUT2D eigenvalue weighted by Gasteiger charge is -2.32. The molecule has 0 saturated heterocycles. The second kappa shape index (κ2) is 13.9. The Morgan fingerprint density at radius 1 is 0.925 bits per heavy atom. The molecule has 3 atom stereocenters. The van der Waals surface area contributed by atoms with Gasteiger partial charge in [0, 0.05) is 18.3 Å². The van der Waals surface area contributed by atoms with Gasteiger partial charge in [-0.1, -0.05) is 74.9 Å². The molecule has 7 heteroatoms. The van der Waals surface area contributed by atoms with E-state index in [-0.39, 0.29) is 18.4 Å². The van der Waals surface area contributed by atoms with E-state index in [1.165, 1.54) is 5.56 Å². The molecule has 0 aliphatic carbocycles. The summed E-state index contributed by atoms with van der Waals surface area (Å²) in [5.41, 5.74) is 4.92. The van der Waals surface area contributed by atoms with E-state index >= 15 is 0 Å². The number of amides is 2. The number of carbonyl (C=O) groups is 3. The predicted octanol–water partition coefficient (Wildman–Crippen LogP) is 5.88. The zero-order chi connectivity index (χ0) is 29.3. The van der Waals surface area contributed by atoms with Crippen molar-refractivity contribution >= 4 is 17.8 Å². The van der Waals surface area contributed by atoms with Crippen LogP contribution in [0.3, 0.4) is 0 Å². The first-order valence-electron chi connectivity index (χ1n) is 13.8. The van der Waals surface area contributed by atoms with Crippen molar-refractivity contribution in [3.8, 4) is 11.1 Å². The molecule has 0 saturated carbocycles. The first kappa shape index (κ1) is 30.5. The fourth-order valence-corrected chi connectivity index (χ4v) is 4.88. The molecule has 3 aromatic rings. The number of nitrogens with zero attached hydrogens (tertiary/aromatic N) is 1. The quantitative estimate of drug-likeness (QED) is 0.264. The van der Waals surface area contributed by atoms with Crippen LogP contribution in [0.2, 0.25) is 0 Å². The summed E-state index contributed by atoms with van der Waals surface area (Å²) in [6.45, 7) is 9.57. The molecule has 0 aliphatic rings. The van der Waals surface area contributed by atoms with Crippen LogP contribution in [0.1, 0.15) is 69.7 Å². The Kier molecular flexibility index (Phi) is 10.6. The van der Waals surface area contributed by atoms with Gasteiger partial charge in [-0.25, -0.2) is 0 Å². The molecule has 7 nitrogen and oxygen atoms in total. The highest BCUT2D eigenvalue weighted by Crippen LogP contribution is 2.27. The lowest BCUT2D eigenvalue weighted by atomic mass is 9.85. The second-order valence-electron chi connectivity index (χ2n) is 11.5. The van der Waals surface area contributed by atoms with Crippen LogP contribution in [0.5, 0.6) is 0 Å². The van der Waals surface area contributed by atoms with Gasteiger partial charge < -0.3 is 15.7 Å². The molecule has 0 unspecified atom stereocenters. The molecule has 0 bridgehead atoms. The van der Waals surface area contributed by atoms with E-state index < -0.39 is 29.3 Å². The van der Waals surface area contributed by atoms with Crippen molar-refractivity contribution in [3.05, 3.63) is 89.7 Å². The minimum atomic E-state index is -1.04. The minimum Gasteiger partial charge on any atom is -0.481 e. The van der Waals surface area contributed by atoms with Crippen LogP contribution in [0, 0.1) is 18.3 Å². The highest BCUT2D eigenvalue weighted by atomic mass is 16.4. The van der Waals surface area contributed by atoms with Crippen molar-refractivity contribution in [1.29, 1.82) is 0 Å². The van der Waals surface area contributed by atoms with E-state index in [4.69, 9.17) is 0 Å². The molecule has 3 N–H and O–H groups in total. The molecule has 40 heavy (non-hydrogen) atoms. The Bertz CT molecular complexity index is 1300. The van der Waals surface area contributed by atoms with Crippen molar-refractivity contribution in [3.63, 3.8) is 0 Å². The van der Waals surface area contributed by atoms with Gasteiger partial charge in [-0.05, 0) is 72.9 Å². The lowest BCUT2D eigenvalue weighted by Crippen LogP contribution is -2.55. The average molecular weight is 544 g/mol. The molecular formula is C33H41N3O4. The van der Waals surface area contributed by atoms with Gasteiger partial charge >= 0.3 is 5.97 Å². The minimum absolute atomic E-state index is 0.277. The normalized spacial score (nSPS) is 13.6. The van der Waals surface area contributed by atoms with Crippen LogP contribution in [0.15, 0.2) is 73.1 Å². The summed E-state index contributed by atoms with van der Waals surface area (Å²) in [7, 11) is 0. The largest absolute Gasteiger partial charge is 0.481 e. The third-order valence-electron chi connectivity index (χ3n) is 7.12. The van der Waals surface area contributed by atoms with Crippen molar-refractivity contribution in [2.24, 2.45) is 11.3 Å². The van der Waals surface area contributed by atoms with Crippen LogP contribution in [-0.2, 0) is 20.8 Å². The molecule has 0 aliphatic heterocycles. The lowest BCUT2D eigenvalue weighted by molar-refractivity contribution is -0.142. The number of rotatable bonds is 12. The van der Waals surface area contributed by atoms with Crippen LogP contribution in [0.25, 0.3) is 11.1 Å². The smallest absolute Gasteiger partial charge is 0.304 e. The van der Waals surface area contributed by atoms with Crippen molar-refractivity contribution in [1.82, 2.24) is 15.6 Å². The van der Waals surface area contributed by atoms with Gasteiger partial charge in [0.2, 0.25) is 11.8 Å². The van der Waals surface area contributed by atoms with Crippen LogP contribution in [-0.4, -0.2) is 33.9 Å². The predicted molar refractivity (Wildman–Crippen MR) is 157 cm³/mol. The van der Waals surface area contributed by atoms with Gasteiger partial charge in [-0.3, -0.25) is 19.4 Å². The number of carbonyl (C=O) groups excluding carboxylic acids is 2. The summed E-state index contributed by atoms with van der Waals surface area (Å²) in [5.74, 6) is -2.52. The van der Waals surface area contributed by atoms with E-state index in [0.29, 0.717) is 19.3 Å². The van der Waals surface area contributed by atoms with E-state index in [1.54, 1.807) is 12.4 Å². The van der Waals surface area contributed by atoms with E-state index in [1.807, 2.05) is 58.0 Å². The SMILES string of the molecule is Cc1cccc(-c2ccccc2CCC[C@H](CC(=O)O)C(=O)N[C@H](C(=O)N[C@H](C)c2ccncc2)C(C)(C)C)c1. The first-order valence-corrected chi connectivity index (χ1v) is 13.8. The van der Waals surface area contributed by atoms with Gasteiger partial charge in [0.15, 0.2) is 0 Å². The van der Waals surface area contributed by atoms with E-state index in [0.717, 1.165) is 22.3 Å². The van der Waals surface area contributed by atoms with Crippen LogP contribution in [0.4, 0.5) is 0 Å². The Morgan fingerprint density at radius 2 is 1.62 bits per heavy atom. The first-order chi connectivity index (χ1) is 19.0. The fourth-order valence-electron chi connectivity index (χ4n) is 4.88. The molecule has 3 rings (SSSR count). The topological polar surface area (TPSA) is 108 Å². The number of nitrogens with one attached hydrogen (secondary N) is 2. The molecular weight excluding hydrogens is 502 g/mol. The summed E-state index contributed by atoms with van der Waals surface area (Å²) in [6, 6.07) is 19.0. The number of carboxylic acids is 1. The zero-order valence-electron chi connectivity index (χ0n) is 24.1. The van der Waals surface area contributed by atoms with Gasteiger partial charge in [0.25, 0.3) is 0 Å². The second-order valence-corrected chi connectivity index (χ2v) is 11.5. The van der Waals surface area contributed by atoms with E-state index in [9.17, 15) is 19.5 Å². The Labute approximate surface area is 237 Å². The van der Waals surface area contributed by atoms with Gasteiger partial charge in [-0.2, -0.15) is 0 Å². The molecule has 1 aromatic heterocycles. The molecule has 0 radical (unpaired) electrons. The number of hydrogen-bond donors (Lipinski definition) is 3. The standard InChI is InChI=1S/C33H41N3O4/c1-22-10-8-13-26(20-22)28-15-7-6-11-25(28)12-9-14-27(21-29(37)38)31(39)36-30(33(3,4)5)32(40)35-23(2)24-16-18-34-19-17-24/h6-8,10-11,13,15-20,23,27,30H,9,12,14,21H2,1-5H3,(H,35,40)(H,36,39)(H,37,38)/t23-,27-,30-/m1/s1. The third kappa shape index (κ3) is 8.76. The molecule has 0 fully saturated rings. The van der Waals surface area contributed by atoms with Gasteiger partial charge in [-0.15, -0.1) is 0 Å². The number of aryl methyl sites for hydroxylation is 2. The number of benzene rings is 2. The van der Waals surface area contributed by atoms with Crippen molar-refractivity contribution in [2.75, 3.05) is 0 Å². The van der Waals surface area contributed by atoms with Crippen LogP contribution < -0.4 is 10.6 Å². The Hall–Kier alpha value is -4.00. The maximum absolute atomic E-state index is 13.4. The molecule has 2 aromatic carbocycles. The molecule has 0 spiro atoms.